The highest BCUT2D eigenvalue weighted by Crippen LogP contribution is 2.03. The number of aliphatic carboxylic acids is 2. The molecule has 0 saturated heterocycles. The van der Waals surface area contributed by atoms with Crippen molar-refractivity contribution in [2.75, 3.05) is 0 Å². The van der Waals surface area contributed by atoms with Gasteiger partial charge in [0.05, 0.1) is 0 Å². The van der Waals surface area contributed by atoms with Crippen LogP contribution in [0.2, 0.25) is 0 Å². The Morgan fingerprint density at radius 3 is 2.00 bits per heavy atom. The highest BCUT2D eigenvalue weighted by molar-refractivity contribution is 6.34. The molecule has 0 aliphatic heterocycles. The SMILES string of the molecule is N=C(CCCCCC(=O)O)C(=O)O. The predicted molar refractivity (Wildman–Crippen MR) is 46.1 cm³/mol. The number of carbonyl (C=O) groups is 2. The molecule has 0 fully saturated rings. The van der Waals surface area contributed by atoms with Crippen LogP contribution in [0.25, 0.3) is 0 Å². The molecule has 0 saturated carbocycles. The number of carboxylic acid groups (broad SMARTS) is 2. The Morgan fingerprint density at radius 2 is 1.54 bits per heavy atom. The number of carboxylic acids is 2. The third-order valence-corrected chi connectivity index (χ3v) is 1.58. The van der Waals surface area contributed by atoms with Crippen molar-refractivity contribution in [1.29, 1.82) is 5.41 Å². The summed E-state index contributed by atoms with van der Waals surface area (Å²) < 4.78 is 0. The molecule has 0 radical (unpaired) electrons. The van der Waals surface area contributed by atoms with E-state index in [-0.39, 0.29) is 18.6 Å². The van der Waals surface area contributed by atoms with Crippen LogP contribution in [0.15, 0.2) is 0 Å². The summed E-state index contributed by atoms with van der Waals surface area (Å²) in [6, 6.07) is 0. The highest BCUT2D eigenvalue weighted by Gasteiger charge is 2.05. The summed E-state index contributed by atoms with van der Waals surface area (Å²) in [5.74, 6) is -2.04. The molecular weight excluding hydrogens is 174 g/mol. The Morgan fingerprint density at radius 1 is 1.00 bits per heavy atom. The average molecular weight is 187 g/mol. The number of unbranched alkanes of at least 4 members (excludes halogenated alkanes) is 2. The lowest BCUT2D eigenvalue weighted by Crippen LogP contribution is -2.10. The third-order valence-electron chi connectivity index (χ3n) is 1.58. The van der Waals surface area contributed by atoms with Crippen LogP contribution in [-0.2, 0) is 9.59 Å². The minimum Gasteiger partial charge on any atom is -0.481 e. The van der Waals surface area contributed by atoms with Crippen LogP contribution in [0.5, 0.6) is 0 Å². The predicted octanol–water partition coefficient (Wildman–Crippen LogP) is 1.13. The summed E-state index contributed by atoms with van der Waals surface area (Å²) >= 11 is 0. The molecule has 5 nitrogen and oxygen atoms in total. The van der Waals surface area contributed by atoms with Crippen molar-refractivity contribution >= 4 is 17.7 Å². The van der Waals surface area contributed by atoms with E-state index in [2.05, 4.69) is 0 Å². The molecule has 0 atom stereocenters. The number of rotatable bonds is 7. The summed E-state index contributed by atoms with van der Waals surface area (Å²) in [5, 5.41) is 23.5. The van der Waals surface area contributed by atoms with E-state index >= 15 is 0 Å². The highest BCUT2D eigenvalue weighted by atomic mass is 16.4. The smallest absolute Gasteiger partial charge is 0.349 e. The van der Waals surface area contributed by atoms with Crippen LogP contribution < -0.4 is 0 Å². The first-order valence-electron chi connectivity index (χ1n) is 4.06. The number of hydrogen-bond donors (Lipinski definition) is 3. The van der Waals surface area contributed by atoms with Gasteiger partial charge in [-0.2, -0.15) is 0 Å². The molecule has 13 heavy (non-hydrogen) atoms. The van der Waals surface area contributed by atoms with Gasteiger partial charge in [0.15, 0.2) is 0 Å². The van der Waals surface area contributed by atoms with Gasteiger partial charge in [0.25, 0.3) is 0 Å². The molecule has 0 heterocycles. The second-order valence-corrected chi connectivity index (χ2v) is 2.74. The van der Waals surface area contributed by atoms with Gasteiger partial charge >= 0.3 is 11.9 Å². The van der Waals surface area contributed by atoms with Crippen LogP contribution in [0.1, 0.15) is 32.1 Å². The van der Waals surface area contributed by atoms with Gasteiger partial charge in [-0.1, -0.05) is 6.42 Å². The minimum absolute atomic E-state index is 0.112. The normalized spacial score (nSPS) is 9.54. The van der Waals surface area contributed by atoms with E-state index < -0.39 is 11.9 Å². The Labute approximate surface area is 75.9 Å². The molecule has 0 rings (SSSR count). The van der Waals surface area contributed by atoms with Crippen LogP contribution in [0.3, 0.4) is 0 Å². The lowest BCUT2D eigenvalue weighted by Gasteiger charge is -1.97. The summed E-state index contributed by atoms with van der Waals surface area (Å²) in [5.41, 5.74) is -0.310. The zero-order chi connectivity index (χ0) is 10.3. The van der Waals surface area contributed by atoms with Gasteiger partial charge < -0.3 is 10.2 Å². The maximum atomic E-state index is 10.2. The standard InChI is InChI=1S/C8H13NO4/c9-6(8(12)13)4-2-1-3-5-7(10)11/h9H,1-5H2,(H,10,11)(H,12,13). The minimum atomic E-state index is -1.20. The van der Waals surface area contributed by atoms with Crippen LogP contribution in [-0.4, -0.2) is 27.9 Å². The Balaban J connectivity index is 3.31. The Hall–Kier alpha value is -1.39. The second-order valence-electron chi connectivity index (χ2n) is 2.74. The van der Waals surface area contributed by atoms with Gasteiger partial charge in [-0.3, -0.25) is 10.2 Å². The number of nitrogens with one attached hydrogen (secondary N) is 1. The molecule has 0 spiro atoms. The average Bonchev–Trinajstić information content (AvgIpc) is 2.02. The van der Waals surface area contributed by atoms with E-state index in [1.807, 2.05) is 0 Å². The van der Waals surface area contributed by atoms with Gasteiger partial charge in [0.1, 0.15) is 5.71 Å². The maximum absolute atomic E-state index is 10.2. The van der Waals surface area contributed by atoms with Gasteiger partial charge in [0.2, 0.25) is 0 Å². The molecule has 0 aromatic heterocycles. The third kappa shape index (κ3) is 6.99. The van der Waals surface area contributed by atoms with Crippen molar-refractivity contribution in [3.8, 4) is 0 Å². The summed E-state index contributed by atoms with van der Waals surface area (Å²) in [6.45, 7) is 0. The molecule has 0 aliphatic rings. The van der Waals surface area contributed by atoms with E-state index in [4.69, 9.17) is 15.6 Å². The Bertz CT molecular complexity index is 212. The molecule has 0 aliphatic carbocycles. The fourth-order valence-electron chi connectivity index (χ4n) is 0.862. The second kappa shape index (κ2) is 6.16. The number of hydrogen-bond acceptors (Lipinski definition) is 3. The van der Waals surface area contributed by atoms with E-state index in [0.29, 0.717) is 19.3 Å². The molecule has 0 aromatic rings. The van der Waals surface area contributed by atoms with Crippen molar-refractivity contribution in [3.63, 3.8) is 0 Å². The van der Waals surface area contributed by atoms with Crippen molar-refractivity contribution < 1.29 is 19.8 Å². The topological polar surface area (TPSA) is 98.5 Å². The van der Waals surface area contributed by atoms with Gasteiger partial charge in [0, 0.05) is 6.42 Å². The van der Waals surface area contributed by atoms with Crippen molar-refractivity contribution in [2.24, 2.45) is 0 Å². The van der Waals surface area contributed by atoms with Gasteiger partial charge in [-0.15, -0.1) is 0 Å². The molecule has 5 heteroatoms. The lowest BCUT2D eigenvalue weighted by molar-refractivity contribution is -0.137. The molecule has 0 unspecified atom stereocenters. The summed E-state index contributed by atoms with van der Waals surface area (Å²) in [4.78, 5) is 20.2. The van der Waals surface area contributed by atoms with E-state index in [0.717, 1.165) is 0 Å². The van der Waals surface area contributed by atoms with E-state index in [1.54, 1.807) is 0 Å². The Kier molecular flexibility index (Phi) is 5.50. The van der Waals surface area contributed by atoms with Crippen molar-refractivity contribution in [1.82, 2.24) is 0 Å². The lowest BCUT2D eigenvalue weighted by atomic mass is 10.1. The fraction of sp³-hybridized carbons (Fsp3) is 0.625. The first-order chi connectivity index (χ1) is 6.04. The molecule has 0 aromatic carbocycles. The zero-order valence-electron chi connectivity index (χ0n) is 7.25. The van der Waals surface area contributed by atoms with Crippen LogP contribution in [0.4, 0.5) is 0 Å². The molecule has 74 valence electrons. The molecule has 0 amide bonds. The summed E-state index contributed by atoms with van der Waals surface area (Å²) in [7, 11) is 0. The first kappa shape index (κ1) is 11.6. The van der Waals surface area contributed by atoms with Crippen molar-refractivity contribution in [2.45, 2.75) is 32.1 Å². The zero-order valence-corrected chi connectivity index (χ0v) is 7.25. The quantitative estimate of drug-likeness (QED) is 0.411. The fourth-order valence-corrected chi connectivity index (χ4v) is 0.862. The van der Waals surface area contributed by atoms with E-state index in [1.165, 1.54) is 0 Å². The first-order valence-corrected chi connectivity index (χ1v) is 4.06. The molecule has 0 bridgehead atoms. The molecule has 3 N–H and O–H groups in total. The maximum Gasteiger partial charge on any atom is 0.349 e. The molecular formula is C8H13NO4. The van der Waals surface area contributed by atoms with Crippen LogP contribution >= 0.6 is 0 Å². The van der Waals surface area contributed by atoms with E-state index in [9.17, 15) is 9.59 Å². The van der Waals surface area contributed by atoms with Gasteiger partial charge in [-0.25, -0.2) is 4.79 Å². The largest absolute Gasteiger partial charge is 0.481 e. The van der Waals surface area contributed by atoms with Crippen molar-refractivity contribution in [3.05, 3.63) is 0 Å². The summed E-state index contributed by atoms with van der Waals surface area (Å²) in [6.07, 6.45) is 2.10. The van der Waals surface area contributed by atoms with Gasteiger partial charge in [-0.05, 0) is 19.3 Å². The van der Waals surface area contributed by atoms with Crippen LogP contribution in [0, 0.1) is 5.41 Å². The monoisotopic (exact) mass is 187 g/mol.